The summed E-state index contributed by atoms with van der Waals surface area (Å²) in [6.45, 7) is 0. The van der Waals surface area contributed by atoms with Gasteiger partial charge in [0, 0.05) is 50.3 Å². The van der Waals surface area contributed by atoms with Crippen LogP contribution < -0.4 is 5.10 Å². The number of halogens is 4. The molecule has 0 bridgehead atoms. The predicted octanol–water partition coefficient (Wildman–Crippen LogP) is 3.33. The van der Waals surface area contributed by atoms with Crippen molar-refractivity contribution in [2.24, 2.45) is 0 Å². The third kappa shape index (κ3) is 4.87. The summed E-state index contributed by atoms with van der Waals surface area (Å²) in [5, 5.41) is 10.1. The predicted molar refractivity (Wildman–Crippen MR) is 83.0 cm³/mol. The molecule has 4 rings (SSSR count). The van der Waals surface area contributed by atoms with Crippen molar-refractivity contribution in [1.29, 1.82) is 0 Å². The van der Waals surface area contributed by atoms with Gasteiger partial charge in [0.2, 0.25) is 5.95 Å². The molecule has 3 aromatic heterocycles. The van der Waals surface area contributed by atoms with E-state index in [0.717, 1.165) is 12.1 Å². The zero-order chi connectivity index (χ0) is 18.5. The van der Waals surface area contributed by atoms with Gasteiger partial charge in [0.15, 0.2) is 5.82 Å². The van der Waals surface area contributed by atoms with Crippen molar-refractivity contribution in [2.75, 3.05) is 0 Å². The van der Waals surface area contributed by atoms with Gasteiger partial charge in [-0.3, -0.25) is 18.4 Å². The minimum Gasteiger partial charge on any atom is -0.569 e. The summed E-state index contributed by atoms with van der Waals surface area (Å²) in [6, 6.07) is 10.8. The van der Waals surface area contributed by atoms with Crippen LogP contribution in [0.5, 0.6) is 0 Å². The first-order chi connectivity index (χ1) is 12.6. The molecule has 0 unspecified atom stereocenters. The van der Waals surface area contributed by atoms with E-state index in [1.165, 1.54) is 23.1 Å². The fraction of sp³-hybridized carbons (Fsp3) is 0. The van der Waals surface area contributed by atoms with E-state index in [2.05, 4.69) is 26.3 Å². The molecule has 0 spiro atoms. The van der Waals surface area contributed by atoms with Crippen LogP contribution in [-0.4, -0.2) is 19.9 Å². The molecule has 0 N–H and O–H groups in total. The largest absolute Gasteiger partial charge is 0.569 e. The van der Waals surface area contributed by atoms with E-state index in [1.807, 2.05) is 0 Å². The summed E-state index contributed by atoms with van der Waals surface area (Å²) in [5.41, 5.74) is 0.237. The smallest absolute Gasteiger partial charge is 0.229 e. The molecule has 5 nitrogen and oxygen atoms in total. The molecule has 0 aliphatic rings. The Morgan fingerprint density at radius 2 is 1.85 bits per heavy atom. The van der Waals surface area contributed by atoms with Crippen LogP contribution in [0.3, 0.4) is 0 Å². The second kappa shape index (κ2) is 9.20. The van der Waals surface area contributed by atoms with E-state index in [9.17, 15) is 17.6 Å². The number of aromatic nitrogens is 5. The number of hydrogen-bond donors (Lipinski definition) is 0. The Morgan fingerprint density at radius 3 is 2.41 bits per heavy atom. The average molecular weight is 552 g/mol. The molecular weight excluding hydrogens is 542 g/mol. The Bertz CT molecular complexity index is 990. The molecular formula is C17H9F4IrN5-2. The summed E-state index contributed by atoms with van der Waals surface area (Å²) in [6.07, 6.45) is 4.55. The molecule has 3 heterocycles. The van der Waals surface area contributed by atoms with Gasteiger partial charge in [0.25, 0.3) is 0 Å². The fourth-order valence-corrected chi connectivity index (χ4v) is 1.96. The molecule has 0 aliphatic carbocycles. The standard InChI is InChI=1S/C9H5F2N2.C8H4F2N3.Ir/c10-7-2-3-9(8(11)6-7)13-5-1-4-12-13;9-6-7(12-13-8(6)10)5-3-1-2-4-11-5;/h1-2,4-6H;1-4H;/q2*-1;. The maximum absolute atomic E-state index is 13.1. The number of nitrogens with zero attached hydrogens (tertiary/aromatic N) is 5. The maximum atomic E-state index is 13.1. The molecule has 0 aliphatic heterocycles. The second-order valence-electron chi connectivity index (χ2n) is 4.83. The van der Waals surface area contributed by atoms with Crippen molar-refractivity contribution < 1.29 is 37.7 Å². The first kappa shape index (κ1) is 20.5. The van der Waals surface area contributed by atoms with E-state index in [4.69, 9.17) is 0 Å². The Hall–Kier alpha value is -2.84. The molecule has 141 valence electrons. The monoisotopic (exact) mass is 552 g/mol. The van der Waals surface area contributed by atoms with Gasteiger partial charge in [-0.15, -0.1) is 12.1 Å². The van der Waals surface area contributed by atoms with E-state index >= 15 is 0 Å². The first-order valence-electron chi connectivity index (χ1n) is 7.18. The second-order valence-corrected chi connectivity index (χ2v) is 4.83. The molecule has 0 saturated heterocycles. The van der Waals surface area contributed by atoms with Crippen LogP contribution in [0, 0.1) is 29.5 Å². The van der Waals surface area contributed by atoms with Crippen LogP contribution in [0.15, 0.2) is 55.0 Å². The summed E-state index contributed by atoms with van der Waals surface area (Å²) < 4.78 is 52.2. The van der Waals surface area contributed by atoms with Crippen LogP contribution in [0.25, 0.3) is 17.1 Å². The van der Waals surface area contributed by atoms with E-state index in [1.54, 1.807) is 24.4 Å². The molecule has 27 heavy (non-hydrogen) atoms. The van der Waals surface area contributed by atoms with Gasteiger partial charge in [-0.2, -0.15) is 15.6 Å². The van der Waals surface area contributed by atoms with Crippen LogP contribution in [0.2, 0.25) is 0 Å². The maximum Gasteiger partial charge on any atom is 0.229 e. The molecule has 1 radical (unpaired) electrons. The Balaban J connectivity index is 0.000000187. The van der Waals surface area contributed by atoms with Crippen molar-refractivity contribution in [3.05, 3.63) is 84.5 Å². The number of rotatable bonds is 2. The van der Waals surface area contributed by atoms with Gasteiger partial charge in [-0.05, 0) is 23.9 Å². The molecule has 0 amide bonds. The zero-order valence-electron chi connectivity index (χ0n) is 13.3. The summed E-state index contributed by atoms with van der Waals surface area (Å²) >= 11 is 0. The third-order valence-electron chi connectivity index (χ3n) is 3.11. The molecule has 0 saturated carbocycles. The SMILES string of the molecule is Fc1c[c-]c(-n2cccn2)c(F)c1.Fc1n[n-]c(-c2ccccn2)c1F.[Ir]. The van der Waals surface area contributed by atoms with Gasteiger partial charge in [0.05, 0.1) is 5.69 Å². The molecule has 0 fully saturated rings. The molecule has 0 atom stereocenters. The van der Waals surface area contributed by atoms with Gasteiger partial charge < -0.3 is 10.2 Å². The topological polar surface area (TPSA) is 57.7 Å². The van der Waals surface area contributed by atoms with Crippen LogP contribution in [0.1, 0.15) is 0 Å². The minimum absolute atomic E-state index is 0. The van der Waals surface area contributed by atoms with Gasteiger partial charge in [-0.1, -0.05) is 11.8 Å². The van der Waals surface area contributed by atoms with E-state index in [-0.39, 0.29) is 37.2 Å². The van der Waals surface area contributed by atoms with E-state index < -0.39 is 23.4 Å². The summed E-state index contributed by atoms with van der Waals surface area (Å²) in [7, 11) is 0. The van der Waals surface area contributed by atoms with Gasteiger partial charge >= 0.3 is 0 Å². The van der Waals surface area contributed by atoms with Crippen molar-refractivity contribution in [3.63, 3.8) is 0 Å². The number of benzene rings is 1. The van der Waals surface area contributed by atoms with Crippen LogP contribution in [0.4, 0.5) is 17.6 Å². The van der Waals surface area contributed by atoms with Crippen molar-refractivity contribution in [2.45, 2.75) is 0 Å². The number of pyridine rings is 1. The van der Waals surface area contributed by atoms with Gasteiger partial charge in [-0.25, -0.2) is 4.39 Å². The van der Waals surface area contributed by atoms with Gasteiger partial charge in [0.1, 0.15) is 0 Å². The Morgan fingerprint density at radius 1 is 1.04 bits per heavy atom. The fourth-order valence-electron chi connectivity index (χ4n) is 1.96. The average Bonchev–Trinajstić information content (AvgIpc) is 3.28. The normalized spacial score (nSPS) is 9.93. The zero-order valence-corrected chi connectivity index (χ0v) is 15.7. The summed E-state index contributed by atoms with van der Waals surface area (Å²) in [5.74, 6) is -3.57. The minimum atomic E-state index is -1.19. The van der Waals surface area contributed by atoms with Crippen LogP contribution in [-0.2, 0) is 20.1 Å². The molecule has 4 aromatic rings. The Labute approximate surface area is 164 Å². The summed E-state index contributed by atoms with van der Waals surface area (Å²) in [4.78, 5) is 3.81. The van der Waals surface area contributed by atoms with Crippen molar-refractivity contribution in [1.82, 2.24) is 25.0 Å². The Kier molecular flexibility index (Phi) is 6.97. The number of hydrogen-bond acceptors (Lipinski definition) is 3. The third-order valence-corrected chi connectivity index (χ3v) is 3.11. The quantitative estimate of drug-likeness (QED) is 0.284. The van der Waals surface area contributed by atoms with Crippen molar-refractivity contribution >= 4 is 0 Å². The first-order valence-corrected chi connectivity index (χ1v) is 7.18. The van der Waals surface area contributed by atoms with Crippen molar-refractivity contribution in [3.8, 4) is 17.1 Å². The van der Waals surface area contributed by atoms with Crippen LogP contribution >= 0.6 is 0 Å². The van der Waals surface area contributed by atoms with E-state index in [0.29, 0.717) is 0 Å². The molecule has 10 heteroatoms. The molecule has 1 aromatic carbocycles.